The Kier molecular flexibility index (Phi) is 11.5. The predicted octanol–water partition coefficient (Wildman–Crippen LogP) is 5.05. The lowest BCUT2D eigenvalue weighted by Crippen LogP contribution is -2.49. The van der Waals surface area contributed by atoms with Gasteiger partial charge in [-0.15, -0.1) is 0 Å². The Hall–Kier alpha value is -2.29. The number of halogens is 2. The minimum Gasteiger partial charge on any atom is -0.355 e. The number of amides is 2. The van der Waals surface area contributed by atoms with Crippen LogP contribution in [0.25, 0.3) is 0 Å². The van der Waals surface area contributed by atoms with Gasteiger partial charge < -0.3 is 10.2 Å². The van der Waals surface area contributed by atoms with Crippen LogP contribution in [0.4, 0.5) is 5.69 Å². The van der Waals surface area contributed by atoms with Crippen molar-refractivity contribution in [3.63, 3.8) is 0 Å². The first-order valence-electron chi connectivity index (χ1n) is 12.1. The van der Waals surface area contributed by atoms with Crippen molar-refractivity contribution in [1.82, 2.24) is 10.2 Å². The summed E-state index contributed by atoms with van der Waals surface area (Å²) in [5, 5.41) is 3.68. The third-order valence-electron chi connectivity index (χ3n) is 5.88. The second kappa shape index (κ2) is 13.9. The molecule has 1 atom stereocenters. The summed E-state index contributed by atoms with van der Waals surface area (Å²) >= 11 is 12.4. The number of carbonyl (C=O) groups is 2. The maximum absolute atomic E-state index is 13.4. The molecule has 0 aliphatic rings. The van der Waals surface area contributed by atoms with Crippen molar-refractivity contribution in [2.24, 2.45) is 0 Å². The normalized spacial score (nSPS) is 12.2. The largest absolute Gasteiger partial charge is 0.355 e. The number of hydrogen-bond acceptors (Lipinski definition) is 4. The number of sulfonamides is 1. The van der Waals surface area contributed by atoms with Crippen LogP contribution in [0.2, 0.25) is 10.0 Å². The molecule has 2 amide bonds. The predicted molar refractivity (Wildman–Crippen MR) is 147 cm³/mol. The van der Waals surface area contributed by atoms with E-state index in [4.69, 9.17) is 23.2 Å². The van der Waals surface area contributed by atoms with Gasteiger partial charge in [0, 0.05) is 36.1 Å². The molecule has 10 heteroatoms. The van der Waals surface area contributed by atoms with E-state index in [0.29, 0.717) is 34.3 Å². The molecule has 0 radical (unpaired) electrons. The molecule has 0 aromatic heterocycles. The lowest BCUT2D eigenvalue weighted by Gasteiger charge is -2.31. The summed E-state index contributed by atoms with van der Waals surface area (Å²) in [7, 11) is -3.54. The van der Waals surface area contributed by atoms with Crippen molar-refractivity contribution < 1.29 is 18.0 Å². The van der Waals surface area contributed by atoms with E-state index in [1.165, 1.54) is 9.21 Å². The molecule has 198 valence electrons. The number of carbonyl (C=O) groups excluding carboxylic acids is 2. The van der Waals surface area contributed by atoms with Gasteiger partial charge in [-0.25, -0.2) is 8.42 Å². The number of anilines is 1. The quantitative estimate of drug-likeness (QED) is 0.374. The van der Waals surface area contributed by atoms with Crippen LogP contribution in [-0.4, -0.2) is 50.5 Å². The van der Waals surface area contributed by atoms with Crippen molar-refractivity contribution in [2.45, 2.75) is 59.0 Å². The maximum atomic E-state index is 13.4. The fourth-order valence-corrected chi connectivity index (χ4v) is 5.38. The van der Waals surface area contributed by atoms with E-state index in [2.05, 4.69) is 5.32 Å². The molecule has 0 aliphatic carbocycles. The van der Waals surface area contributed by atoms with Gasteiger partial charge in [-0.2, -0.15) is 0 Å². The number of likely N-dealkylation sites (N-methyl/N-ethyl adjacent to an activating group) is 1. The van der Waals surface area contributed by atoms with E-state index >= 15 is 0 Å². The van der Waals surface area contributed by atoms with Gasteiger partial charge in [-0.1, -0.05) is 55.2 Å². The van der Waals surface area contributed by atoms with Crippen LogP contribution in [0.5, 0.6) is 0 Å². The molecule has 0 bridgehead atoms. The molecule has 0 heterocycles. The number of aryl methyl sites for hydroxylation is 1. The molecule has 2 aromatic rings. The Bertz CT molecular complexity index is 1140. The first-order chi connectivity index (χ1) is 17.0. The lowest BCUT2D eigenvalue weighted by molar-refractivity contribution is -0.141. The van der Waals surface area contributed by atoms with Gasteiger partial charge >= 0.3 is 0 Å². The van der Waals surface area contributed by atoms with Crippen LogP contribution in [-0.2, 0) is 32.6 Å². The molecule has 0 unspecified atom stereocenters. The van der Waals surface area contributed by atoms with E-state index in [9.17, 15) is 18.0 Å². The SMILES string of the molecule is CCNC(=O)[C@@H](CC)N(Cc1ccc(Cl)cc1Cl)C(=O)CCCN(c1ccc(CC)cc1)S(C)(=O)=O. The molecule has 2 rings (SSSR count). The zero-order chi connectivity index (χ0) is 26.9. The summed E-state index contributed by atoms with van der Waals surface area (Å²) in [5.74, 6) is -0.499. The average molecular weight is 557 g/mol. The summed E-state index contributed by atoms with van der Waals surface area (Å²) in [5.41, 5.74) is 2.33. The minimum atomic E-state index is -3.54. The first kappa shape index (κ1) is 29.9. The number of nitrogens with zero attached hydrogens (tertiary/aromatic N) is 2. The molecule has 0 spiro atoms. The lowest BCUT2D eigenvalue weighted by atomic mass is 10.1. The Balaban J connectivity index is 2.22. The van der Waals surface area contributed by atoms with Gasteiger partial charge in [0.25, 0.3) is 0 Å². The molecule has 1 N–H and O–H groups in total. The Morgan fingerprint density at radius 1 is 1.03 bits per heavy atom. The zero-order valence-electron chi connectivity index (χ0n) is 21.3. The highest BCUT2D eigenvalue weighted by molar-refractivity contribution is 7.92. The van der Waals surface area contributed by atoms with Gasteiger partial charge in [0.05, 0.1) is 11.9 Å². The van der Waals surface area contributed by atoms with Crippen molar-refractivity contribution in [1.29, 1.82) is 0 Å². The van der Waals surface area contributed by atoms with Crippen LogP contribution in [0.1, 0.15) is 51.2 Å². The fourth-order valence-electron chi connectivity index (χ4n) is 3.95. The molecule has 0 saturated carbocycles. The number of nitrogens with one attached hydrogen (secondary N) is 1. The van der Waals surface area contributed by atoms with Crippen molar-refractivity contribution in [3.05, 3.63) is 63.6 Å². The summed E-state index contributed by atoms with van der Waals surface area (Å²) in [4.78, 5) is 27.7. The van der Waals surface area contributed by atoms with Gasteiger partial charge in [-0.3, -0.25) is 13.9 Å². The van der Waals surface area contributed by atoms with Gasteiger partial charge in [-0.05, 0) is 61.6 Å². The molecule has 36 heavy (non-hydrogen) atoms. The highest BCUT2D eigenvalue weighted by Gasteiger charge is 2.29. The second-order valence-electron chi connectivity index (χ2n) is 8.53. The van der Waals surface area contributed by atoms with Crippen LogP contribution in [0, 0.1) is 0 Å². The third-order valence-corrected chi connectivity index (χ3v) is 7.66. The van der Waals surface area contributed by atoms with Gasteiger partial charge in [0.15, 0.2) is 0 Å². The van der Waals surface area contributed by atoms with E-state index < -0.39 is 16.1 Å². The summed E-state index contributed by atoms with van der Waals surface area (Å²) < 4.78 is 26.2. The van der Waals surface area contributed by atoms with E-state index in [1.807, 2.05) is 32.9 Å². The zero-order valence-corrected chi connectivity index (χ0v) is 23.6. The molecular formula is C26H35Cl2N3O4S. The number of benzene rings is 2. The summed E-state index contributed by atoms with van der Waals surface area (Å²) in [6, 6.07) is 11.7. The van der Waals surface area contributed by atoms with Crippen molar-refractivity contribution in [2.75, 3.05) is 23.7 Å². The first-order valence-corrected chi connectivity index (χ1v) is 14.7. The maximum Gasteiger partial charge on any atom is 0.242 e. The fraction of sp³-hybridized carbons (Fsp3) is 0.462. The average Bonchev–Trinajstić information content (AvgIpc) is 2.82. The van der Waals surface area contributed by atoms with Gasteiger partial charge in [0.1, 0.15) is 6.04 Å². The smallest absolute Gasteiger partial charge is 0.242 e. The highest BCUT2D eigenvalue weighted by Crippen LogP contribution is 2.25. The van der Waals surface area contributed by atoms with Gasteiger partial charge in [0.2, 0.25) is 21.8 Å². The minimum absolute atomic E-state index is 0.0696. The molecule has 0 aliphatic heterocycles. The van der Waals surface area contributed by atoms with Crippen LogP contribution in [0.15, 0.2) is 42.5 Å². The van der Waals surface area contributed by atoms with Crippen molar-refractivity contribution in [3.8, 4) is 0 Å². The molecule has 2 aromatic carbocycles. The topological polar surface area (TPSA) is 86.8 Å². The second-order valence-corrected chi connectivity index (χ2v) is 11.3. The van der Waals surface area contributed by atoms with Crippen LogP contribution in [0.3, 0.4) is 0 Å². The Morgan fingerprint density at radius 2 is 1.69 bits per heavy atom. The summed E-state index contributed by atoms with van der Waals surface area (Å²) in [6.07, 6.45) is 2.78. The number of hydrogen-bond donors (Lipinski definition) is 1. The molecule has 7 nitrogen and oxygen atoms in total. The Labute approximate surface area is 224 Å². The third kappa shape index (κ3) is 8.39. The summed E-state index contributed by atoms with van der Waals surface area (Å²) in [6.45, 7) is 6.42. The standard InChI is InChI=1S/C26H35Cl2N3O4S/c1-5-19-10-14-22(15-11-19)31(36(4,34)35)16-8-9-25(32)30(24(6-2)26(33)29-7-3)18-20-12-13-21(27)17-23(20)28/h10-15,17,24H,5-9,16,18H2,1-4H3,(H,29,33)/t24-/m1/s1. The monoisotopic (exact) mass is 555 g/mol. The molecule has 0 fully saturated rings. The number of rotatable bonds is 13. The van der Waals surface area contributed by atoms with E-state index in [-0.39, 0.29) is 37.7 Å². The van der Waals surface area contributed by atoms with E-state index in [0.717, 1.165) is 18.2 Å². The Morgan fingerprint density at radius 3 is 2.22 bits per heavy atom. The van der Waals surface area contributed by atoms with Crippen LogP contribution >= 0.6 is 23.2 Å². The molecular weight excluding hydrogens is 521 g/mol. The van der Waals surface area contributed by atoms with Crippen molar-refractivity contribution >= 4 is 50.7 Å². The highest BCUT2D eigenvalue weighted by atomic mass is 35.5. The van der Waals surface area contributed by atoms with Crippen LogP contribution < -0.4 is 9.62 Å². The van der Waals surface area contributed by atoms with E-state index in [1.54, 1.807) is 30.3 Å². The molecule has 0 saturated heterocycles.